The van der Waals surface area contributed by atoms with Crippen molar-refractivity contribution in [3.8, 4) is 28.7 Å². The summed E-state index contributed by atoms with van der Waals surface area (Å²) in [7, 11) is 6.23. The molecule has 0 aliphatic rings. The van der Waals surface area contributed by atoms with E-state index in [1.807, 2.05) is 53.1 Å². The number of rotatable bonds is 9. The van der Waals surface area contributed by atoms with Crippen molar-refractivity contribution in [1.29, 1.82) is 0 Å². The van der Waals surface area contributed by atoms with Crippen LogP contribution in [0.4, 0.5) is 5.69 Å². The molecule has 0 bridgehead atoms. The van der Waals surface area contributed by atoms with Gasteiger partial charge in [-0.25, -0.2) is 4.98 Å². The molecule has 1 N–H and O–H groups in total. The van der Waals surface area contributed by atoms with E-state index in [2.05, 4.69) is 5.32 Å². The molecule has 176 valence electrons. The van der Waals surface area contributed by atoms with Gasteiger partial charge in [0.1, 0.15) is 5.75 Å². The number of imidazole rings is 1. The molecule has 4 rings (SSSR count). The van der Waals surface area contributed by atoms with Gasteiger partial charge in [0.2, 0.25) is 11.7 Å². The predicted octanol–water partition coefficient (Wildman–Crippen LogP) is 4.79. The Morgan fingerprint density at radius 3 is 2.21 bits per heavy atom. The van der Waals surface area contributed by atoms with Crippen molar-refractivity contribution in [2.45, 2.75) is 5.16 Å². The second-order valence-corrected chi connectivity index (χ2v) is 8.11. The molecule has 0 aliphatic heterocycles. The van der Waals surface area contributed by atoms with Gasteiger partial charge >= 0.3 is 0 Å². The predicted molar refractivity (Wildman–Crippen MR) is 133 cm³/mol. The number of nitrogens with zero attached hydrogens (tertiary/aromatic N) is 2. The highest BCUT2D eigenvalue weighted by molar-refractivity contribution is 7.99. The van der Waals surface area contributed by atoms with Crippen LogP contribution >= 0.6 is 11.8 Å². The Hall–Kier alpha value is -3.85. The van der Waals surface area contributed by atoms with Gasteiger partial charge in [-0.2, -0.15) is 0 Å². The molecule has 0 unspecified atom stereocenters. The maximum atomic E-state index is 12.8. The first-order valence-corrected chi connectivity index (χ1v) is 11.4. The van der Waals surface area contributed by atoms with E-state index in [0.29, 0.717) is 28.1 Å². The summed E-state index contributed by atoms with van der Waals surface area (Å²) in [5.74, 6) is 2.14. The average Bonchev–Trinajstić information content (AvgIpc) is 3.25. The zero-order chi connectivity index (χ0) is 24.1. The van der Waals surface area contributed by atoms with Crippen LogP contribution in [-0.4, -0.2) is 49.7 Å². The average molecular weight is 480 g/mol. The van der Waals surface area contributed by atoms with Crippen LogP contribution in [0.5, 0.6) is 23.0 Å². The Balaban J connectivity index is 1.56. The number of para-hydroxylation sites is 2. The smallest absolute Gasteiger partial charge is 0.234 e. The number of anilines is 1. The molecular formula is C25H25N3O5S. The fourth-order valence-corrected chi connectivity index (χ4v) is 4.39. The number of nitrogens with one attached hydrogen (secondary N) is 1. The van der Waals surface area contributed by atoms with Crippen LogP contribution in [0.1, 0.15) is 0 Å². The Kier molecular flexibility index (Phi) is 7.12. The quantitative estimate of drug-likeness (QED) is 0.346. The lowest BCUT2D eigenvalue weighted by atomic mass is 10.2. The number of aromatic nitrogens is 2. The molecule has 1 heterocycles. The lowest BCUT2D eigenvalue weighted by molar-refractivity contribution is -0.113. The number of carbonyl (C=O) groups excluding carboxylic acids is 1. The van der Waals surface area contributed by atoms with Gasteiger partial charge in [0, 0.05) is 23.5 Å². The van der Waals surface area contributed by atoms with Crippen molar-refractivity contribution in [3.05, 3.63) is 60.7 Å². The molecule has 1 amide bonds. The number of hydrogen-bond donors (Lipinski definition) is 1. The Labute approximate surface area is 201 Å². The van der Waals surface area contributed by atoms with Gasteiger partial charge in [-0.1, -0.05) is 23.9 Å². The standard InChI is InChI=1S/C25H25N3O5S/c1-30-18-11-9-17(10-12-18)28-20-8-6-5-7-19(20)27-25(28)34-15-23(29)26-16-13-21(31-2)24(33-4)22(14-16)32-3/h5-14H,15H2,1-4H3,(H,26,29). The number of carbonyl (C=O) groups is 1. The second kappa shape index (κ2) is 10.4. The van der Waals surface area contributed by atoms with E-state index in [-0.39, 0.29) is 11.7 Å². The van der Waals surface area contributed by atoms with Crippen LogP contribution in [-0.2, 0) is 4.79 Å². The van der Waals surface area contributed by atoms with E-state index in [1.54, 1.807) is 19.2 Å². The maximum absolute atomic E-state index is 12.8. The van der Waals surface area contributed by atoms with Crippen molar-refractivity contribution < 1.29 is 23.7 Å². The number of thioether (sulfide) groups is 1. The van der Waals surface area contributed by atoms with Gasteiger partial charge in [-0.3, -0.25) is 9.36 Å². The Morgan fingerprint density at radius 1 is 0.912 bits per heavy atom. The van der Waals surface area contributed by atoms with E-state index < -0.39 is 0 Å². The summed E-state index contributed by atoms with van der Waals surface area (Å²) in [5, 5.41) is 3.61. The van der Waals surface area contributed by atoms with Crippen LogP contribution in [0.3, 0.4) is 0 Å². The normalized spacial score (nSPS) is 10.7. The van der Waals surface area contributed by atoms with Gasteiger partial charge in [0.25, 0.3) is 0 Å². The third-order valence-electron chi connectivity index (χ3n) is 5.14. The second-order valence-electron chi connectivity index (χ2n) is 7.17. The molecule has 34 heavy (non-hydrogen) atoms. The summed E-state index contributed by atoms with van der Waals surface area (Å²) >= 11 is 1.35. The first-order chi connectivity index (χ1) is 16.6. The molecule has 0 fully saturated rings. The van der Waals surface area contributed by atoms with Crippen LogP contribution < -0.4 is 24.3 Å². The maximum Gasteiger partial charge on any atom is 0.234 e. The Bertz CT molecular complexity index is 1280. The number of fused-ring (bicyclic) bond motifs is 1. The Morgan fingerprint density at radius 2 is 1.59 bits per heavy atom. The van der Waals surface area contributed by atoms with Crippen molar-refractivity contribution in [3.63, 3.8) is 0 Å². The zero-order valence-corrected chi connectivity index (χ0v) is 20.1. The van der Waals surface area contributed by atoms with Crippen molar-refractivity contribution in [2.75, 3.05) is 39.5 Å². The summed E-state index contributed by atoms with van der Waals surface area (Å²) in [5.41, 5.74) is 3.29. The van der Waals surface area contributed by atoms with Crippen molar-refractivity contribution in [2.24, 2.45) is 0 Å². The van der Waals surface area contributed by atoms with E-state index in [4.69, 9.17) is 23.9 Å². The van der Waals surface area contributed by atoms with Gasteiger partial charge < -0.3 is 24.3 Å². The van der Waals surface area contributed by atoms with Gasteiger partial charge in [-0.05, 0) is 36.4 Å². The SMILES string of the molecule is COc1ccc(-n2c(SCC(=O)Nc3cc(OC)c(OC)c(OC)c3)nc3ccccc32)cc1. The molecule has 3 aromatic carbocycles. The van der Waals surface area contributed by atoms with Crippen LogP contribution in [0, 0.1) is 0 Å². The van der Waals surface area contributed by atoms with Gasteiger partial charge in [0.15, 0.2) is 16.7 Å². The molecule has 8 nitrogen and oxygen atoms in total. The highest BCUT2D eigenvalue weighted by atomic mass is 32.2. The third kappa shape index (κ3) is 4.74. The minimum atomic E-state index is -0.187. The van der Waals surface area contributed by atoms with Gasteiger partial charge in [0.05, 0.1) is 45.2 Å². The summed E-state index contributed by atoms with van der Waals surface area (Å²) in [6.07, 6.45) is 0. The minimum absolute atomic E-state index is 0.163. The van der Waals surface area contributed by atoms with Crippen LogP contribution in [0.2, 0.25) is 0 Å². The number of ether oxygens (including phenoxy) is 4. The summed E-state index contributed by atoms with van der Waals surface area (Å²) in [4.78, 5) is 17.5. The molecule has 0 spiro atoms. The third-order valence-corrected chi connectivity index (χ3v) is 6.08. The lowest BCUT2D eigenvalue weighted by Crippen LogP contribution is -2.15. The molecule has 0 saturated heterocycles. The fourth-order valence-electron chi connectivity index (χ4n) is 3.56. The highest BCUT2D eigenvalue weighted by Gasteiger charge is 2.17. The molecule has 1 aromatic heterocycles. The van der Waals surface area contributed by atoms with E-state index in [9.17, 15) is 4.79 Å². The van der Waals surface area contributed by atoms with E-state index in [0.717, 1.165) is 22.5 Å². The molecule has 0 atom stereocenters. The zero-order valence-electron chi connectivity index (χ0n) is 19.3. The summed E-state index contributed by atoms with van der Waals surface area (Å²) in [6.45, 7) is 0. The number of hydrogen-bond acceptors (Lipinski definition) is 7. The first kappa shape index (κ1) is 23.3. The topological polar surface area (TPSA) is 83.8 Å². The van der Waals surface area contributed by atoms with Crippen molar-refractivity contribution in [1.82, 2.24) is 9.55 Å². The summed E-state index contributed by atoms with van der Waals surface area (Å²) in [6, 6.07) is 19.0. The van der Waals surface area contributed by atoms with E-state index >= 15 is 0 Å². The monoisotopic (exact) mass is 479 g/mol. The number of amides is 1. The minimum Gasteiger partial charge on any atom is -0.497 e. The summed E-state index contributed by atoms with van der Waals surface area (Å²) < 4.78 is 23.4. The fraction of sp³-hybridized carbons (Fsp3) is 0.200. The van der Waals surface area contributed by atoms with Crippen LogP contribution in [0.25, 0.3) is 16.7 Å². The highest BCUT2D eigenvalue weighted by Crippen LogP contribution is 2.40. The molecule has 9 heteroatoms. The molecule has 0 saturated carbocycles. The van der Waals surface area contributed by atoms with E-state index in [1.165, 1.54) is 33.1 Å². The van der Waals surface area contributed by atoms with Crippen molar-refractivity contribution >= 4 is 34.4 Å². The molecule has 4 aromatic rings. The molecule has 0 radical (unpaired) electrons. The van der Waals surface area contributed by atoms with Gasteiger partial charge in [-0.15, -0.1) is 0 Å². The molecular weight excluding hydrogens is 454 g/mol. The lowest BCUT2D eigenvalue weighted by Gasteiger charge is -2.14. The van der Waals surface area contributed by atoms with Crippen LogP contribution in [0.15, 0.2) is 65.8 Å². The largest absolute Gasteiger partial charge is 0.497 e. The number of benzene rings is 3. The molecule has 0 aliphatic carbocycles. The number of methoxy groups -OCH3 is 4. The first-order valence-electron chi connectivity index (χ1n) is 10.4.